The molecule has 0 aliphatic heterocycles. The molecule has 0 spiro atoms. The smallest absolute Gasteiger partial charge is 0.0379 e. The standard InChI is InChI=1S/C5H13P.BrH/c1-5(2)3-4-6;/h5H,3-4,6H2,1-2H3;1H. The van der Waals surface area contributed by atoms with Crippen molar-refractivity contribution >= 4 is 26.2 Å². The zero-order valence-electron chi connectivity index (χ0n) is 4.98. The zero-order chi connectivity index (χ0) is 4.99. The van der Waals surface area contributed by atoms with Crippen molar-refractivity contribution < 1.29 is 0 Å². The van der Waals surface area contributed by atoms with Crippen LogP contribution in [0.15, 0.2) is 0 Å². The Morgan fingerprint density at radius 3 is 1.86 bits per heavy atom. The maximum Gasteiger partial charge on any atom is -0.0379 e. The summed E-state index contributed by atoms with van der Waals surface area (Å²) in [5.74, 6) is 0.877. The summed E-state index contributed by atoms with van der Waals surface area (Å²) in [6.45, 7) is 4.48. The lowest BCUT2D eigenvalue weighted by molar-refractivity contribution is 0.632. The highest BCUT2D eigenvalue weighted by atomic mass is 79.9. The van der Waals surface area contributed by atoms with Gasteiger partial charge in [-0.15, -0.1) is 26.2 Å². The number of hydrogen-bond donors (Lipinski definition) is 0. The van der Waals surface area contributed by atoms with E-state index in [2.05, 4.69) is 23.1 Å². The van der Waals surface area contributed by atoms with E-state index in [1.807, 2.05) is 0 Å². The van der Waals surface area contributed by atoms with Crippen LogP contribution in [0.1, 0.15) is 20.3 Å². The van der Waals surface area contributed by atoms with Crippen LogP contribution in [-0.2, 0) is 0 Å². The molecule has 46 valence electrons. The third-order valence-corrected chi connectivity index (χ3v) is 1.08. The zero-order valence-corrected chi connectivity index (χ0v) is 7.84. The SMILES string of the molecule is Br.CC(C)CCP. The van der Waals surface area contributed by atoms with E-state index in [4.69, 9.17) is 0 Å². The maximum atomic E-state index is 2.72. The van der Waals surface area contributed by atoms with Gasteiger partial charge in [0.25, 0.3) is 0 Å². The highest BCUT2D eigenvalue weighted by molar-refractivity contribution is 8.93. The molecule has 1 atom stereocenters. The van der Waals surface area contributed by atoms with E-state index < -0.39 is 0 Å². The fourth-order valence-electron chi connectivity index (χ4n) is 0.333. The first-order chi connectivity index (χ1) is 2.77. The Labute approximate surface area is 59.0 Å². The number of rotatable bonds is 2. The Bertz CT molecular complexity index is 29.3. The molecule has 0 aliphatic carbocycles. The molecule has 0 aromatic carbocycles. The number of hydrogen-bond acceptors (Lipinski definition) is 0. The Morgan fingerprint density at radius 1 is 1.43 bits per heavy atom. The summed E-state index contributed by atoms with van der Waals surface area (Å²) in [5, 5.41) is 0. The van der Waals surface area contributed by atoms with Gasteiger partial charge in [0.15, 0.2) is 0 Å². The van der Waals surface area contributed by atoms with Gasteiger partial charge >= 0.3 is 0 Å². The van der Waals surface area contributed by atoms with E-state index in [9.17, 15) is 0 Å². The van der Waals surface area contributed by atoms with Crippen molar-refractivity contribution in [2.75, 3.05) is 6.16 Å². The molecule has 1 unspecified atom stereocenters. The molecule has 0 saturated heterocycles. The molecule has 7 heavy (non-hydrogen) atoms. The molecule has 0 rings (SSSR count). The van der Waals surface area contributed by atoms with E-state index in [0.29, 0.717) is 0 Å². The molecule has 0 aromatic rings. The van der Waals surface area contributed by atoms with Crippen molar-refractivity contribution in [3.05, 3.63) is 0 Å². The van der Waals surface area contributed by atoms with Gasteiger partial charge < -0.3 is 0 Å². The molecule has 0 heterocycles. The van der Waals surface area contributed by atoms with Crippen LogP contribution in [0.2, 0.25) is 0 Å². The van der Waals surface area contributed by atoms with Crippen LogP contribution in [0.25, 0.3) is 0 Å². The van der Waals surface area contributed by atoms with E-state index in [1.165, 1.54) is 12.6 Å². The second-order valence-electron chi connectivity index (χ2n) is 1.97. The van der Waals surface area contributed by atoms with E-state index in [-0.39, 0.29) is 17.0 Å². The Morgan fingerprint density at radius 2 is 1.86 bits per heavy atom. The second-order valence-corrected chi connectivity index (χ2v) is 2.55. The quantitative estimate of drug-likeness (QED) is 0.579. The molecule has 0 aliphatic rings. The summed E-state index contributed by atoms with van der Waals surface area (Å²) in [7, 11) is 2.72. The van der Waals surface area contributed by atoms with Crippen LogP contribution in [0.4, 0.5) is 0 Å². The lowest BCUT2D eigenvalue weighted by atomic mass is 10.2. The molecular weight excluding hydrogens is 171 g/mol. The lowest BCUT2D eigenvalue weighted by Gasteiger charge is -1.95. The molecule has 0 fully saturated rings. The van der Waals surface area contributed by atoms with Crippen LogP contribution in [-0.4, -0.2) is 6.16 Å². The molecule has 0 radical (unpaired) electrons. The summed E-state index contributed by atoms with van der Waals surface area (Å²) < 4.78 is 0. The summed E-state index contributed by atoms with van der Waals surface area (Å²) in [6, 6.07) is 0. The van der Waals surface area contributed by atoms with Gasteiger partial charge in [-0.05, 0) is 18.5 Å². The first-order valence-electron chi connectivity index (χ1n) is 2.47. The molecule has 0 N–H and O–H groups in total. The first kappa shape index (κ1) is 10.8. The lowest BCUT2D eigenvalue weighted by Crippen LogP contribution is -1.84. The minimum absolute atomic E-state index is 0. The van der Waals surface area contributed by atoms with Crippen LogP contribution in [0, 0.1) is 5.92 Å². The Hall–Kier alpha value is 0.910. The highest BCUT2D eigenvalue weighted by Crippen LogP contribution is 2.00. The second kappa shape index (κ2) is 6.91. The summed E-state index contributed by atoms with van der Waals surface area (Å²) in [5.41, 5.74) is 0. The molecule has 0 saturated carbocycles. The van der Waals surface area contributed by atoms with E-state index in [0.717, 1.165) is 5.92 Å². The van der Waals surface area contributed by atoms with Gasteiger partial charge in [-0.25, -0.2) is 0 Å². The van der Waals surface area contributed by atoms with E-state index in [1.54, 1.807) is 0 Å². The number of halogens is 1. The minimum atomic E-state index is 0. The average molecular weight is 185 g/mol. The monoisotopic (exact) mass is 184 g/mol. The third kappa shape index (κ3) is 10.9. The van der Waals surface area contributed by atoms with Crippen molar-refractivity contribution in [2.45, 2.75) is 20.3 Å². The fraction of sp³-hybridized carbons (Fsp3) is 1.00. The van der Waals surface area contributed by atoms with Gasteiger partial charge in [0.1, 0.15) is 0 Å². The maximum absolute atomic E-state index is 2.72. The largest absolute Gasteiger partial charge is 0.138 e. The van der Waals surface area contributed by atoms with Gasteiger partial charge in [0.2, 0.25) is 0 Å². The van der Waals surface area contributed by atoms with Gasteiger partial charge in [-0.2, -0.15) is 0 Å². The van der Waals surface area contributed by atoms with Crippen LogP contribution in [0.3, 0.4) is 0 Å². The molecule has 2 heteroatoms. The third-order valence-electron chi connectivity index (χ3n) is 0.744. The minimum Gasteiger partial charge on any atom is -0.138 e. The normalized spacial score (nSPS) is 8.57. The molecule has 0 aromatic heterocycles. The van der Waals surface area contributed by atoms with Gasteiger partial charge in [-0.1, -0.05) is 13.8 Å². The van der Waals surface area contributed by atoms with Crippen LogP contribution in [0.5, 0.6) is 0 Å². The predicted molar refractivity (Wildman–Crippen MR) is 44.4 cm³/mol. The topological polar surface area (TPSA) is 0 Å². The van der Waals surface area contributed by atoms with Crippen molar-refractivity contribution in [2.24, 2.45) is 5.92 Å². The average Bonchev–Trinajstić information content (AvgIpc) is 1.35. The summed E-state index contributed by atoms with van der Waals surface area (Å²) in [6.07, 6.45) is 2.59. The van der Waals surface area contributed by atoms with Crippen molar-refractivity contribution in [1.82, 2.24) is 0 Å². The molecule has 0 nitrogen and oxygen atoms in total. The molecule has 0 bridgehead atoms. The Kier molecular flexibility index (Phi) is 10.7. The van der Waals surface area contributed by atoms with Crippen molar-refractivity contribution in [1.29, 1.82) is 0 Å². The van der Waals surface area contributed by atoms with E-state index >= 15 is 0 Å². The van der Waals surface area contributed by atoms with Crippen molar-refractivity contribution in [3.63, 3.8) is 0 Å². The van der Waals surface area contributed by atoms with Crippen molar-refractivity contribution in [3.8, 4) is 0 Å². The van der Waals surface area contributed by atoms with Gasteiger partial charge in [-0.3, -0.25) is 0 Å². The molecule has 0 amide bonds. The van der Waals surface area contributed by atoms with Crippen LogP contribution >= 0.6 is 26.2 Å². The fourth-order valence-corrected chi connectivity index (χ4v) is 1.00. The Balaban J connectivity index is 0. The van der Waals surface area contributed by atoms with Crippen LogP contribution < -0.4 is 0 Å². The van der Waals surface area contributed by atoms with Gasteiger partial charge in [0, 0.05) is 0 Å². The predicted octanol–water partition coefficient (Wildman–Crippen LogP) is 2.49. The molecular formula is C5H14BrP. The first-order valence-corrected chi connectivity index (χ1v) is 3.29. The summed E-state index contributed by atoms with van der Waals surface area (Å²) >= 11 is 0. The van der Waals surface area contributed by atoms with Gasteiger partial charge in [0.05, 0.1) is 0 Å². The summed E-state index contributed by atoms with van der Waals surface area (Å²) in [4.78, 5) is 0. The highest BCUT2D eigenvalue weighted by Gasteiger charge is 1.85.